The molecule has 0 heterocycles. The number of aliphatic imine (C=N–C) groups is 1. The Hall–Kier alpha value is -2.47. The van der Waals surface area contributed by atoms with Crippen molar-refractivity contribution >= 4 is 28.4 Å². The largest absolute Gasteiger partial charge is 0.497 e. The molecule has 0 saturated heterocycles. The zero-order valence-electron chi connectivity index (χ0n) is 14.6. The third-order valence-electron chi connectivity index (χ3n) is 3.44. The molecule has 0 aliphatic rings. The number of carbonyl (C=O) groups is 1. The fraction of sp³-hybridized carbons (Fsp3) is 0.263. The molecule has 0 unspecified atom stereocenters. The van der Waals surface area contributed by atoms with E-state index < -0.39 is 0 Å². The van der Waals surface area contributed by atoms with Crippen LogP contribution in [0.2, 0.25) is 0 Å². The van der Waals surface area contributed by atoms with Gasteiger partial charge in [-0.15, -0.1) is 0 Å². The number of ether oxygens (including phenoxy) is 2. The van der Waals surface area contributed by atoms with E-state index in [4.69, 9.17) is 15.2 Å². The lowest BCUT2D eigenvalue weighted by Gasteiger charge is -2.11. The highest BCUT2D eigenvalue weighted by molar-refractivity contribution is 8.13. The SMILES string of the molecule is CCOc1ccc(C(C)=O)cc1CSC(N)=Nc1cccc(OC)c1. The number of hydrogen-bond donors (Lipinski definition) is 1. The minimum absolute atomic E-state index is 0.0207. The molecule has 0 aromatic heterocycles. The van der Waals surface area contributed by atoms with Crippen molar-refractivity contribution in [2.75, 3.05) is 13.7 Å². The molecule has 0 spiro atoms. The average Bonchev–Trinajstić information content (AvgIpc) is 2.61. The number of Topliss-reactive ketones (excluding diaryl/α,β-unsaturated/α-hetero) is 1. The van der Waals surface area contributed by atoms with E-state index in [-0.39, 0.29) is 5.78 Å². The van der Waals surface area contributed by atoms with Crippen LogP contribution in [0.25, 0.3) is 0 Å². The molecule has 0 aliphatic carbocycles. The Kier molecular flexibility index (Phi) is 6.89. The van der Waals surface area contributed by atoms with Crippen LogP contribution in [-0.2, 0) is 5.75 Å². The van der Waals surface area contributed by atoms with Crippen LogP contribution in [0.5, 0.6) is 11.5 Å². The molecule has 2 N–H and O–H groups in total. The summed E-state index contributed by atoms with van der Waals surface area (Å²) in [6.45, 7) is 4.03. The number of ketones is 1. The molecule has 132 valence electrons. The lowest BCUT2D eigenvalue weighted by Crippen LogP contribution is -2.07. The monoisotopic (exact) mass is 358 g/mol. The van der Waals surface area contributed by atoms with Gasteiger partial charge in [0.2, 0.25) is 0 Å². The first kappa shape index (κ1) is 18.9. The molecule has 2 aromatic rings. The zero-order valence-corrected chi connectivity index (χ0v) is 15.4. The van der Waals surface area contributed by atoms with Crippen LogP contribution >= 0.6 is 11.8 Å². The van der Waals surface area contributed by atoms with Gasteiger partial charge in [-0.3, -0.25) is 4.79 Å². The van der Waals surface area contributed by atoms with Gasteiger partial charge in [0.05, 0.1) is 19.4 Å². The number of nitrogens with two attached hydrogens (primary N) is 1. The molecule has 0 radical (unpaired) electrons. The summed E-state index contributed by atoms with van der Waals surface area (Å²) in [5, 5.41) is 0.434. The van der Waals surface area contributed by atoms with Gasteiger partial charge in [0.1, 0.15) is 11.5 Å². The van der Waals surface area contributed by atoms with Crippen LogP contribution < -0.4 is 15.2 Å². The number of methoxy groups -OCH3 is 1. The molecular formula is C19H22N2O3S. The van der Waals surface area contributed by atoms with Crippen LogP contribution in [0.3, 0.4) is 0 Å². The summed E-state index contributed by atoms with van der Waals surface area (Å²) >= 11 is 1.39. The van der Waals surface area contributed by atoms with Crippen LogP contribution in [0.15, 0.2) is 47.5 Å². The molecule has 2 rings (SSSR count). The van der Waals surface area contributed by atoms with Gasteiger partial charge >= 0.3 is 0 Å². The first-order chi connectivity index (χ1) is 12.0. The Balaban J connectivity index is 2.14. The minimum atomic E-state index is 0.0207. The summed E-state index contributed by atoms with van der Waals surface area (Å²) in [6.07, 6.45) is 0. The Morgan fingerprint density at radius 3 is 2.72 bits per heavy atom. The molecule has 2 aromatic carbocycles. The lowest BCUT2D eigenvalue weighted by molar-refractivity contribution is 0.101. The van der Waals surface area contributed by atoms with Gasteiger partial charge in [0.25, 0.3) is 0 Å². The fourth-order valence-corrected chi connectivity index (χ4v) is 2.90. The van der Waals surface area contributed by atoms with Crippen molar-refractivity contribution in [1.82, 2.24) is 0 Å². The Labute approximate surface area is 152 Å². The molecule has 0 saturated carbocycles. The molecular weight excluding hydrogens is 336 g/mol. The maximum absolute atomic E-state index is 11.6. The van der Waals surface area contributed by atoms with Crippen LogP contribution in [-0.4, -0.2) is 24.7 Å². The van der Waals surface area contributed by atoms with Crippen molar-refractivity contribution in [3.05, 3.63) is 53.6 Å². The van der Waals surface area contributed by atoms with Crippen molar-refractivity contribution in [3.8, 4) is 11.5 Å². The number of rotatable bonds is 7. The van der Waals surface area contributed by atoms with Crippen LogP contribution in [0, 0.1) is 0 Å². The number of hydrogen-bond acceptors (Lipinski definition) is 5. The molecule has 0 atom stereocenters. The Morgan fingerprint density at radius 2 is 2.04 bits per heavy atom. The minimum Gasteiger partial charge on any atom is -0.497 e. The quantitative estimate of drug-likeness (QED) is 0.457. The van der Waals surface area contributed by atoms with Gasteiger partial charge in [-0.1, -0.05) is 17.8 Å². The average molecular weight is 358 g/mol. The van der Waals surface area contributed by atoms with Crippen molar-refractivity contribution in [2.45, 2.75) is 19.6 Å². The first-order valence-corrected chi connectivity index (χ1v) is 8.89. The number of thioether (sulfide) groups is 1. The van der Waals surface area contributed by atoms with E-state index in [1.54, 1.807) is 20.1 Å². The summed E-state index contributed by atoms with van der Waals surface area (Å²) in [5.74, 6) is 2.07. The summed E-state index contributed by atoms with van der Waals surface area (Å²) in [7, 11) is 1.61. The lowest BCUT2D eigenvalue weighted by atomic mass is 10.1. The highest BCUT2D eigenvalue weighted by Gasteiger charge is 2.09. The van der Waals surface area contributed by atoms with E-state index in [1.165, 1.54) is 11.8 Å². The molecule has 0 aliphatic heterocycles. The van der Waals surface area contributed by atoms with Crippen molar-refractivity contribution in [3.63, 3.8) is 0 Å². The van der Waals surface area contributed by atoms with Gasteiger partial charge < -0.3 is 15.2 Å². The van der Waals surface area contributed by atoms with E-state index in [0.717, 1.165) is 22.7 Å². The summed E-state index contributed by atoms with van der Waals surface area (Å²) in [5.41, 5.74) is 8.33. The molecule has 6 heteroatoms. The van der Waals surface area contributed by atoms with Crippen molar-refractivity contribution < 1.29 is 14.3 Å². The second-order valence-corrected chi connectivity index (χ2v) is 6.25. The van der Waals surface area contributed by atoms with E-state index in [9.17, 15) is 4.79 Å². The number of nitrogens with zero attached hydrogens (tertiary/aromatic N) is 1. The molecule has 0 bridgehead atoms. The summed E-state index contributed by atoms with van der Waals surface area (Å²) < 4.78 is 10.8. The second-order valence-electron chi connectivity index (χ2n) is 5.25. The van der Waals surface area contributed by atoms with E-state index >= 15 is 0 Å². The maximum atomic E-state index is 11.6. The smallest absolute Gasteiger partial charge is 0.159 e. The van der Waals surface area contributed by atoms with Gasteiger partial charge in [0.15, 0.2) is 11.0 Å². The number of amidine groups is 1. The van der Waals surface area contributed by atoms with Crippen LogP contribution in [0.4, 0.5) is 5.69 Å². The first-order valence-electron chi connectivity index (χ1n) is 7.91. The summed E-state index contributed by atoms with van der Waals surface area (Å²) in [6, 6.07) is 12.8. The van der Waals surface area contributed by atoms with Crippen LogP contribution in [0.1, 0.15) is 29.8 Å². The topological polar surface area (TPSA) is 73.9 Å². The number of carbonyl (C=O) groups excluding carboxylic acids is 1. The van der Waals surface area contributed by atoms with E-state index in [2.05, 4.69) is 4.99 Å². The molecule has 0 fully saturated rings. The third kappa shape index (κ3) is 5.53. The second kappa shape index (κ2) is 9.13. The predicted molar refractivity (Wildman–Crippen MR) is 103 cm³/mol. The fourth-order valence-electron chi connectivity index (χ4n) is 2.20. The standard InChI is InChI=1S/C19H22N2O3S/c1-4-24-18-9-8-14(13(2)22)10-15(18)12-25-19(20)21-16-6-5-7-17(11-16)23-3/h5-11H,4,12H2,1-3H3,(H2,20,21). The Morgan fingerprint density at radius 1 is 1.24 bits per heavy atom. The third-order valence-corrected chi connectivity index (χ3v) is 4.28. The normalized spacial score (nSPS) is 11.2. The van der Waals surface area contributed by atoms with Crippen molar-refractivity contribution in [1.29, 1.82) is 0 Å². The van der Waals surface area contributed by atoms with Gasteiger partial charge in [-0.05, 0) is 44.2 Å². The maximum Gasteiger partial charge on any atom is 0.159 e. The predicted octanol–water partition coefficient (Wildman–Crippen LogP) is 4.18. The molecule has 0 amide bonds. The van der Waals surface area contributed by atoms with Crippen molar-refractivity contribution in [2.24, 2.45) is 10.7 Å². The Bertz CT molecular complexity index is 775. The van der Waals surface area contributed by atoms with E-state index in [1.807, 2.05) is 43.3 Å². The number of benzene rings is 2. The van der Waals surface area contributed by atoms with Gasteiger partial charge in [0, 0.05) is 22.9 Å². The highest BCUT2D eigenvalue weighted by Crippen LogP contribution is 2.26. The molecule has 25 heavy (non-hydrogen) atoms. The summed E-state index contributed by atoms with van der Waals surface area (Å²) in [4.78, 5) is 16.0. The zero-order chi connectivity index (χ0) is 18.2. The molecule has 5 nitrogen and oxygen atoms in total. The van der Waals surface area contributed by atoms with Gasteiger partial charge in [-0.2, -0.15) is 0 Å². The van der Waals surface area contributed by atoms with Gasteiger partial charge in [-0.25, -0.2) is 4.99 Å². The van der Waals surface area contributed by atoms with E-state index in [0.29, 0.717) is 23.1 Å². The highest BCUT2D eigenvalue weighted by atomic mass is 32.2.